The summed E-state index contributed by atoms with van der Waals surface area (Å²) < 4.78 is 6.36. The third kappa shape index (κ3) is 5.69. The lowest BCUT2D eigenvalue weighted by atomic mass is 10.0. The molecule has 0 unspecified atom stereocenters. The lowest BCUT2D eigenvalue weighted by Crippen LogP contribution is -2.50. The van der Waals surface area contributed by atoms with E-state index in [9.17, 15) is 4.79 Å². The molecule has 30 heavy (non-hydrogen) atoms. The highest BCUT2D eigenvalue weighted by Crippen LogP contribution is 2.25. The summed E-state index contributed by atoms with van der Waals surface area (Å²) in [5.41, 5.74) is 2.38. The molecule has 0 atom stereocenters. The molecule has 5 nitrogen and oxygen atoms in total. The average molecular weight is 408 g/mol. The van der Waals surface area contributed by atoms with Gasteiger partial charge in [0, 0.05) is 45.8 Å². The monoisotopic (exact) mass is 407 g/mol. The number of carbonyl (C=O) groups excluding carboxylic acids is 1. The zero-order valence-electron chi connectivity index (χ0n) is 17.8. The molecule has 0 radical (unpaired) electrons. The van der Waals surface area contributed by atoms with Crippen molar-refractivity contribution in [2.45, 2.75) is 18.9 Å². The summed E-state index contributed by atoms with van der Waals surface area (Å²) in [6.45, 7) is 8.00. The molecule has 2 aliphatic rings. The van der Waals surface area contributed by atoms with Gasteiger partial charge in [0.05, 0.1) is 13.2 Å². The van der Waals surface area contributed by atoms with Crippen molar-refractivity contribution >= 4 is 5.91 Å². The number of rotatable bonds is 8. The predicted octanol–water partition coefficient (Wildman–Crippen LogP) is 3.03. The van der Waals surface area contributed by atoms with Crippen molar-refractivity contribution in [2.75, 3.05) is 59.0 Å². The molecule has 1 amide bonds. The van der Waals surface area contributed by atoms with Gasteiger partial charge in [-0.1, -0.05) is 60.7 Å². The SMILES string of the molecule is O=C(CN1CCN(CCOC(c2ccccc2)c2ccccc2)CC1)N1CCCC1. The van der Waals surface area contributed by atoms with Gasteiger partial charge >= 0.3 is 0 Å². The van der Waals surface area contributed by atoms with Crippen LogP contribution in [0.4, 0.5) is 0 Å². The van der Waals surface area contributed by atoms with Crippen LogP contribution < -0.4 is 0 Å². The Hall–Kier alpha value is -2.21. The van der Waals surface area contributed by atoms with Crippen LogP contribution in [-0.2, 0) is 9.53 Å². The van der Waals surface area contributed by atoms with Crippen LogP contribution in [0.15, 0.2) is 60.7 Å². The molecule has 2 aromatic carbocycles. The van der Waals surface area contributed by atoms with Crippen molar-refractivity contribution < 1.29 is 9.53 Å². The van der Waals surface area contributed by atoms with Gasteiger partial charge in [0.2, 0.25) is 5.91 Å². The Bertz CT molecular complexity index is 730. The molecule has 0 aromatic heterocycles. The second-order valence-electron chi connectivity index (χ2n) is 8.28. The molecular formula is C25H33N3O2. The number of hydrogen-bond donors (Lipinski definition) is 0. The van der Waals surface area contributed by atoms with Crippen LogP contribution in [0, 0.1) is 0 Å². The summed E-state index contributed by atoms with van der Waals surface area (Å²) in [6.07, 6.45) is 2.28. The summed E-state index contributed by atoms with van der Waals surface area (Å²) in [7, 11) is 0. The van der Waals surface area contributed by atoms with Crippen LogP contribution in [0.5, 0.6) is 0 Å². The molecule has 2 fully saturated rings. The van der Waals surface area contributed by atoms with E-state index in [1.165, 1.54) is 11.1 Å². The molecule has 2 heterocycles. The standard InChI is InChI=1S/C25H33N3O2/c29-24(28-13-7-8-14-28)21-27-17-15-26(16-18-27)19-20-30-25(22-9-3-1-4-10-22)23-11-5-2-6-12-23/h1-6,9-12,25H,7-8,13-21H2. The van der Waals surface area contributed by atoms with Gasteiger partial charge in [0.25, 0.3) is 0 Å². The maximum Gasteiger partial charge on any atom is 0.236 e. The summed E-state index contributed by atoms with van der Waals surface area (Å²) >= 11 is 0. The van der Waals surface area contributed by atoms with Crippen molar-refractivity contribution in [3.8, 4) is 0 Å². The summed E-state index contributed by atoms with van der Waals surface area (Å²) in [4.78, 5) is 19.1. The van der Waals surface area contributed by atoms with Gasteiger partial charge in [-0.15, -0.1) is 0 Å². The quantitative estimate of drug-likeness (QED) is 0.674. The summed E-state index contributed by atoms with van der Waals surface area (Å²) in [6, 6.07) is 20.9. The van der Waals surface area contributed by atoms with Crippen LogP contribution in [0.25, 0.3) is 0 Å². The Morgan fingerprint density at radius 3 is 1.87 bits per heavy atom. The first kappa shape index (κ1) is 21.0. The van der Waals surface area contributed by atoms with Crippen LogP contribution in [-0.4, -0.2) is 79.6 Å². The Labute approximate surface area is 180 Å². The Balaban J connectivity index is 1.23. The normalized spacial score (nSPS) is 18.2. The number of benzene rings is 2. The van der Waals surface area contributed by atoms with Gasteiger partial charge in [-0.25, -0.2) is 0 Å². The minimum Gasteiger partial charge on any atom is -0.367 e. The fourth-order valence-electron chi connectivity index (χ4n) is 4.37. The van der Waals surface area contributed by atoms with Gasteiger partial charge in [0.15, 0.2) is 0 Å². The van der Waals surface area contributed by atoms with Crippen molar-refractivity contribution in [3.63, 3.8) is 0 Å². The number of hydrogen-bond acceptors (Lipinski definition) is 4. The van der Waals surface area contributed by atoms with Gasteiger partial charge in [-0.2, -0.15) is 0 Å². The highest BCUT2D eigenvalue weighted by atomic mass is 16.5. The van der Waals surface area contributed by atoms with Crippen molar-refractivity contribution in [1.29, 1.82) is 0 Å². The van der Waals surface area contributed by atoms with E-state index in [1.807, 2.05) is 17.0 Å². The van der Waals surface area contributed by atoms with Crippen LogP contribution in [0.2, 0.25) is 0 Å². The smallest absolute Gasteiger partial charge is 0.236 e. The third-order valence-corrected chi connectivity index (χ3v) is 6.18. The first-order valence-electron chi connectivity index (χ1n) is 11.2. The molecule has 0 bridgehead atoms. The third-order valence-electron chi connectivity index (χ3n) is 6.18. The maximum absolute atomic E-state index is 12.4. The van der Waals surface area contributed by atoms with Crippen LogP contribution in [0.3, 0.4) is 0 Å². The van der Waals surface area contributed by atoms with Crippen LogP contribution in [0.1, 0.15) is 30.1 Å². The molecule has 2 saturated heterocycles. The molecule has 0 saturated carbocycles. The number of nitrogens with zero attached hydrogens (tertiary/aromatic N) is 3. The van der Waals surface area contributed by atoms with E-state index in [1.54, 1.807) is 0 Å². The molecule has 0 spiro atoms. The molecule has 4 rings (SSSR count). The van der Waals surface area contributed by atoms with E-state index in [2.05, 4.69) is 58.3 Å². The minimum atomic E-state index is -0.0354. The van der Waals surface area contributed by atoms with Crippen LogP contribution >= 0.6 is 0 Å². The molecule has 5 heteroatoms. The number of likely N-dealkylation sites (tertiary alicyclic amines) is 1. The lowest BCUT2D eigenvalue weighted by Gasteiger charge is -2.35. The number of carbonyl (C=O) groups is 1. The largest absolute Gasteiger partial charge is 0.367 e. The molecule has 2 aliphatic heterocycles. The van der Waals surface area contributed by atoms with Crippen molar-refractivity contribution in [1.82, 2.24) is 14.7 Å². The minimum absolute atomic E-state index is 0.0354. The lowest BCUT2D eigenvalue weighted by molar-refractivity contribution is -0.131. The van der Waals surface area contributed by atoms with E-state index in [0.717, 1.165) is 58.7 Å². The topological polar surface area (TPSA) is 36.0 Å². The van der Waals surface area contributed by atoms with E-state index < -0.39 is 0 Å². The van der Waals surface area contributed by atoms with E-state index in [4.69, 9.17) is 4.74 Å². The zero-order chi connectivity index (χ0) is 20.6. The van der Waals surface area contributed by atoms with Crippen molar-refractivity contribution in [2.24, 2.45) is 0 Å². The maximum atomic E-state index is 12.4. The van der Waals surface area contributed by atoms with E-state index in [0.29, 0.717) is 19.1 Å². The van der Waals surface area contributed by atoms with E-state index in [-0.39, 0.29) is 6.10 Å². The molecule has 0 N–H and O–H groups in total. The fourth-order valence-corrected chi connectivity index (χ4v) is 4.37. The Kier molecular flexibility index (Phi) is 7.51. The summed E-state index contributed by atoms with van der Waals surface area (Å²) in [5, 5.41) is 0. The number of piperazine rings is 1. The zero-order valence-corrected chi connectivity index (χ0v) is 17.8. The fraction of sp³-hybridized carbons (Fsp3) is 0.480. The van der Waals surface area contributed by atoms with Gasteiger partial charge in [-0.05, 0) is 24.0 Å². The van der Waals surface area contributed by atoms with Gasteiger partial charge in [0.1, 0.15) is 6.10 Å². The first-order valence-corrected chi connectivity index (χ1v) is 11.2. The molecule has 160 valence electrons. The Morgan fingerprint density at radius 1 is 0.767 bits per heavy atom. The number of ether oxygens (including phenoxy) is 1. The Morgan fingerprint density at radius 2 is 1.30 bits per heavy atom. The highest BCUT2D eigenvalue weighted by Gasteiger charge is 2.23. The van der Waals surface area contributed by atoms with E-state index >= 15 is 0 Å². The predicted molar refractivity (Wildman–Crippen MR) is 119 cm³/mol. The second kappa shape index (κ2) is 10.7. The highest BCUT2D eigenvalue weighted by molar-refractivity contribution is 5.78. The summed E-state index contributed by atoms with van der Waals surface area (Å²) in [5.74, 6) is 0.304. The average Bonchev–Trinajstić information content (AvgIpc) is 3.34. The molecule has 0 aliphatic carbocycles. The van der Waals surface area contributed by atoms with Gasteiger partial charge < -0.3 is 9.64 Å². The molecule has 2 aromatic rings. The molecular weight excluding hydrogens is 374 g/mol. The first-order chi connectivity index (χ1) is 14.8. The van der Waals surface area contributed by atoms with Crippen molar-refractivity contribution in [3.05, 3.63) is 71.8 Å². The second-order valence-corrected chi connectivity index (χ2v) is 8.28. The van der Waals surface area contributed by atoms with Gasteiger partial charge in [-0.3, -0.25) is 14.6 Å². The number of amides is 1.